The normalized spacial score (nSPS) is 15.4. The van der Waals surface area contributed by atoms with Crippen LogP contribution in [0.1, 0.15) is 20.7 Å². The number of para-hydroxylation sites is 1. The number of carbonyl (C=O) groups is 2. The summed E-state index contributed by atoms with van der Waals surface area (Å²) in [6.07, 6.45) is 0. The van der Waals surface area contributed by atoms with Crippen LogP contribution in [0.5, 0.6) is 0 Å². The Bertz CT molecular complexity index is 953. The molecule has 1 amide bonds. The first-order chi connectivity index (χ1) is 11.4. The lowest BCUT2D eigenvalue weighted by molar-refractivity contribution is 0.0600. The summed E-state index contributed by atoms with van der Waals surface area (Å²) in [4.78, 5) is 23.9. The van der Waals surface area contributed by atoms with Crippen LogP contribution >= 0.6 is 0 Å². The maximum Gasteiger partial charge on any atom is 0.337 e. The Morgan fingerprint density at radius 3 is 2.58 bits per heavy atom. The fourth-order valence-corrected chi connectivity index (χ4v) is 3.88. The van der Waals surface area contributed by atoms with E-state index in [0.29, 0.717) is 0 Å². The molecule has 0 atom stereocenters. The van der Waals surface area contributed by atoms with Crippen molar-refractivity contribution in [1.29, 1.82) is 0 Å². The topological polar surface area (TPSA) is 92.8 Å². The van der Waals surface area contributed by atoms with Crippen LogP contribution in [0.15, 0.2) is 47.4 Å². The van der Waals surface area contributed by atoms with Crippen LogP contribution < -0.4 is 9.62 Å². The van der Waals surface area contributed by atoms with E-state index in [-0.39, 0.29) is 27.4 Å². The van der Waals surface area contributed by atoms with Crippen LogP contribution in [-0.4, -0.2) is 34.5 Å². The first-order valence-electron chi connectivity index (χ1n) is 6.98. The monoisotopic (exact) mass is 346 g/mol. The van der Waals surface area contributed by atoms with Gasteiger partial charge in [-0.3, -0.25) is 9.10 Å². The average Bonchev–Trinajstić information content (AvgIpc) is 2.59. The second-order valence-corrected chi connectivity index (χ2v) is 7.08. The summed E-state index contributed by atoms with van der Waals surface area (Å²) in [5.41, 5.74) is 0.681. The molecule has 1 N–H and O–H groups in total. The molecule has 7 nitrogen and oxygen atoms in total. The summed E-state index contributed by atoms with van der Waals surface area (Å²) >= 11 is 0. The molecule has 0 saturated heterocycles. The van der Waals surface area contributed by atoms with Gasteiger partial charge in [-0.25, -0.2) is 13.2 Å². The van der Waals surface area contributed by atoms with Gasteiger partial charge in [0.25, 0.3) is 15.9 Å². The molecule has 0 fully saturated rings. The van der Waals surface area contributed by atoms with E-state index in [9.17, 15) is 18.0 Å². The Morgan fingerprint density at radius 2 is 1.88 bits per heavy atom. The third kappa shape index (κ3) is 2.41. The van der Waals surface area contributed by atoms with E-state index >= 15 is 0 Å². The Labute approximate surface area is 138 Å². The molecule has 1 aliphatic rings. The average molecular weight is 346 g/mol. The van der Waals surface area contributed by atoms with Gasteiger partial charge < -0.3 is 10.1 Å². The number of esters is 1. The zero-order valence-electron chi connectivity index (χ0n) is 12.9. The van der Waals surface area contributed by atoms with E-state index in [1.54, 1.807) is 24.3 Å². The summed E-state index contributed by atoms with van der Waals surface area (Å²) in [6, 6.07) is 10.4. The highest BCUT2D eigenvalue weighted by atomic mass is 32.2. The molecule has 0 aromatic heterocycles. The van der Waals surface area contributed by atoms with Crippen molar-refractivity contribution in [3.8, 4) is 0 Å². The van der Waals surface area contributed by atoms with E-state index in [4.69, 9.17) is 0 Å². The van der Waals surface area contributed by atoms with Gasteiger partial charge in [-0.1, -0.05) is 12.1 Å². The number of carbonyl (C=O) groups excluding carboxylic acids is 2. The summed E-state index contributed by atoms with van der Waals surface area (Å²) in [5, 5.41) is 2.58. The van der Waals surface area contributed by atoms with Crippen molar-refractivity contribution >= 4 is 33.3 Å². The number of rotatable bonds is 1. The number of methoxy groups -OCH3 is 1. The van der Waals surface area contributed by atoms with Gasteiger partial charge in [0.2, 0.25) is 0 Å². The molecular formula is C16H14N2O5S. The number of ether oxygens (including phenoxy) is 1. The highest BCUT2D eigenvalue weighted by Crippen LogP contribution is 2.33. The predicted molar refractivity (Wildman–Crippen MR) is 87.8 cm³/mol. The van der Waals surface area contributed by atoms with Gasteiger partial charge in [0, 0.05) is 7.05 Å². The van der Waals surface area contributed by atoms with E-state index in [1.807, 2.05) is 0 Å². The number of sulfonamides is 1. The third-order valence-electron chi connectivity index (χ3n) is 3.78. The molecule has 24 heavy (non-hydrogen) atoms. The van der Waals surface area contributed by atoms with Gasteiger partial charge in [-0.05, 0) is 30.3 Å². The lowest BCUT2D eigenvalue weighted by atomic mass is 10.1. The molecule has 0 radical (unpaired) electrons. The summed E-state index contributed by atoms with van der Waals surface area (Å²) in [6.45, 7) is 0. The molecule has 3 rings (SSSR count). The Hall–Kier alpha value is -2.87. The number of amides is 1. The Balaban J connectivity index is 2.26. The number of anilines is 2. The first-order valence-corrected chi connectivity index (χ1v) is 8.42. The molecule has 8 heteroatoms. The van der Waals surface area contributed by atoms with Crippen LogP contribution in [0, 0.1) is 0 Å². The van der Waals surface area contributed by atoms with Crippen molar-refractivity contribution in [2.45, 2.75) is 4.90 Å². The predicted octanol–water partition coefficient (Wildman–Crippen LogP) is 1.86. The van der Waals surface area contributed by atoms with Gasteiger partial charge in [-0.15, -0.1) is 0 Å². The van der Waals surface area contributed by atoms with E-state index in [1.165, 1.54) is 32.4 Å². The molecule has 1 aliphatic heterocycles. The summed E-state index contributed by atoms with van der Waals surface area (Å²) in [5.74, 6) is -1.09. The van der Waals surface area contributed by atoms with Crippen molar-refractivity contribution < 1.29 is 22.7 Å². The number of hydrogen-bond acceptors (Lipinski definition) is 5. The zero-order valence-corrected chi connectivity index (χ0v) is 13.8. The molecule has 124 valence electrons. The summed E-state index contributed by atoms with van der Waals surface area (Å²) < 4.78 is 31.5. The molecule has 0 aliphatic carbocycles. The Morgan fingerprint density at radius 1 is 1.17 bits per heavy atom. The Kier molecular flexibility index (Phi) is 3.76. The third-order valence-corrected chi connectivity index (χ3v) is 5.59. The van der Waals surface area contributed by atoms with Crippen LogP contribution in [-0.2, 0) is 14.8 Å². The van der Waals surface area contributed by atoms with Crippen LogP contribution in [0.3, 0.4) is 0 Å². The lowest BCUT2D eigenvalue weighted by Crippen LogP contribution is -2.32. The van der Waals surface area contributed by atoms with Crippen molar-refractivity contribution in [2.24, 2.45) is 0 Å². The molecule has 0 saturated carbocycles. The highest BCUT2D eigenvalue weighted by Gasteiger charge is 2.31. The molecule has 0 bridgehead atoms. The van der Waals surface area contributed by atoms with Gasteiger partial charge in [0.15, 0.2) is 0 Å². The lowest BCUT2D eigenvalue weighted by Gasteiger charge is -2.26. The second kappa shape index (κ2) is 5.64. The van der Waals surface area contributed by atoms with Crippen molar-refractivity contribution in [3.63, 3.8) is 0 Å². The number of benzene rings is 2. The minimum absolute atomic E-state index is 0.0799. The molecular weight excluding hydrogens is 332 g/mol. The van der Waals surface area contributed by atoms with Gasteiger partial charge in [0.1, 0.15) is 4.90 Å². The van der Waals surface area contributed by atoms with E-state index in [0.717, 1.165) is 4.31 Å². The molecule has 1 heterocycles. The minimum Gasteiger partial charge on any atom is -0.465 e. The van der Waals surface area contributed by atoms with Crippen molar-refractivity contribution in [2.75, 3.05) is 23.8 Å². The number of hydrogen-bond donors (Lipinski definition) is 1. The van der Waals surface area contributed by atoms with Gasteiger partial charge >= 0.3 is 5.97 Å². The summed E-state index contributed by atoms with van der Waals surface area (Å²) in [7, 11) is -1.40. The van der Waals surface area contributed by atoms with Gasteiger partial charge in [0.05, 0.1) is 29.6 Å². The SMILES string of the molecule is COC(=O)c1ccc2c(c1)S(=O)(=O)N(C)c1ccccc1C(=O)N2. The van der Waals surface area contributed by atoms with E-state index in [2.05, 4.69) is 10.1 Å². The quantitative estimate of drug-likeness (QED) is 0.796. The highest BCUT2D eigenvalue weighted by molar-refractivity contribution is 7.93. The first kappa shape index (κ1) is 16.0. The zero-order chi connectivity index (χ0) is 17.5. The number of nitrogens with one attached hydrogen (secondary N) is 1. The largest absolute Gasteiger partial charge is 0.465 e. The fourth-order valence-electron chi connectivity index (χ4n) is 2.49. The van der Waals surface area contributed by atoms with Crippen LogP contribution in [0.25, 0.3) is 0 Å². The number of nitrogens with zero attached hydrogens (tertiary/aromatic N) is 1. The maximum absolute atomic E-state index is 12.9. The van der Waals surface area contributed by atoms with Crippen molar-refractivity contribution in [3.05, 3.63) is 53.6 Å². The van der Waals surface area contributed by atoms with Gasteiger partial charge in [-0.2, -0.15) is 0 Å². The fraction of sp³-hybridized carbons (Fsp3) is 0.125. The molecule has 0 unspecified atom stereocenters. The standard InChI is InChI=1S/C16H14N2O5S/c1-18-13-6-4-3-5-11(13)15(19)17-12-8-7-10(16(20)23-2)9-14(12)24(18,21)22/h3-9H,1-2H3,(H,17,19). The molecule has 2 aromatic rings. The van der Waals surface area contributed by atoms with E-state index < -0.39 is 21.9 Å². The number of fused-ring (bicyclic) bond motifs is 2. The maximum atomic E-state index is 12.9. The van der Waals surface area contributed by atoms with Crippen molar-refractivity contribution in [1.82, 2.24) is 0 Å². The minimum atomic E-state index is -3.97. The molecule has 0 spiro atoms. The van der Waals surface area contributed by atoms with Crippen LogP contribution in [0.2, 0.25) is 0 Å². The second-order valence-electron chi connectivity index (χ2n) is 5.15. The van der Waals surface area contributed by atoms with Crippen LogP contribution in [0.4, 0.5) is 11.4 Å². The smallest absolute Gasteiger partial charge is 0.337 e. The molecule has 2 aromatic carbocycles.